The highest BCUT2D eigenvalue weighted by Crippen LogP contribution is 2.12. The van der Waals surface area contributed by atoms with Crippen LogP contribution in [0.5, 0.6) is 0 Å². The summed E-state index contributed by atoms with van der Waals surface area (Å²) in [7, 11) is 1.77. The maximum atomic E-state index is 12.2. The van der Waals surface area contributed by atoms with Crippen molar-refractivity contribution in [2.45, 2.75) is 13.5 Å². The number of aryl methyl sites for hydroxylation is 1. The van der Waals surface area contributed by atoms with Crippen LogP contribution in [0.25, 0.3) is 0 Å². The van der Waals surface area contributed by atoms with Crippen LogP contribution in [0.3, 0.4) is 0 Å². The zero-order valence-corrected chi connectivity index (χ0v) is 12.2. The number of rotatable bonds is 3. The van der Waals surface area contributed by atoms with Gasteiger partial charge >= 0.3 is 0 Å². The van der Waals surface area contributed by atoms with Crippen LogP contribution < -0.4 is 5.73 Å². The fourth-order valence-electron chi connectivity index (χ4n) is 1.97. The van der Waals surface area contributed by atoms with Crippen molar-refractivity contribution in [2.24, 2.45) is 5.73 Å². The van der Waals surface area contributed by atoms with Crippen molar-refractivity contribution >= 4 is 5.91 Å². The van der Waals surface area contributed by atoms with Crippen molar-refractivity contribution in [3.05, 3.63) is 59.0 Å². The first-order valence-corrected chi connectivity index (χ1v) is 6.68. The summed E-state index contributed by atoms with van der Waals surface area (Å²) >= 11 is 0. The lowest BCUT2D eigenvalue weighted by molar-refractivity contribution is 0.0784. The number of benzene rings is 1. The second kappa shape index (κ2) is 6.78. The Morgan fingerprint density at radius 2 is 2.05 bits per heavy atom. The average Bonchev–Trinajstić information content (AvgIpc) is 2.92. The van der Waals surface area contributed by atoms with E-state index in [2.05, 4.69) is 11.8 Å². The van der Waals surface area contributed by atoms with Crippen molar-refractivity contribution in [3.8, 4) is 11.8 Å². The molecule has 0 spiro atoms. The lowest BCUT2D eigenvalue weighted by Crippen LogP contribution is -2.25. The summed E-state index contributed by atoms with van der Waals surface area (Å²) in [5, 5.41) is 0. The van der Waals surface area contributed by atoms with Crippen molar-refractivity contribution in [1.29, 1.82) is 0 Å². The number of amides is 1. The highest BCUT2D eigenvalue weighted by molar-refractivity contribution is 5.93. The summed E-state index contributed by atoms with van der Waals surface area (Å²) in [5.41, 5.74) is 7.87. The first-order chi connectivity index (χ1) is 10.1. The minimum absolute atomic E-state index is 0.0566. The molecule has 4 nitrogen and oxygen atoms in total. The summed E-state index contributed by atoms with van der Waals surface area (Å²) in [4.78, 5) is 13.9. The Kier molecular flexibility index (Phi) is 4.81. The number of carbonyl (C=O) groups excluding carboxylic acids is 1. The van der Waals surface area contributed by atoms with Crippen LogP contribution in [-0.2, 0) is 6.54 Å². The molecule has 0 atom stereocenters. The molecule has 2 N–H and O–H groups in total. The molecule has 0 aliphatic heterocycles. The fourth-order valence-corrected chi connectivity index (χ4v) is 1.97. The Labute approximate surface area is 124 Å². The third-order valence-corrected chi connectivity index (χ3v) is 3.03. The van der Waals surface area contributed by atoms with Crippen LogP contribution in [0, 0.1) is 18.8 Å². The predicted octanol–water partition coefficient (Wildman–Crippen LogP) is 2.17. The summed E-state index contributed by atoms with van der Waals surface area (Å²) in [5.74, 6) is 6.45. The summed E-state index contributed by atoms with van der Waals surface area (Å²) in [6, 6.07) is 9.52. The average molecular weight is 282 g/mol. The maximum absolute atomic E-state index is 12.2. The van der Waals surface area contributed by atoms with Crippen LogP contribution in [-0.4, -0.2) is 24.4 Å². The molecule has 0 unspecified atom stereocenters. The van der Waals surface area contributed by atoms with Gasteiger partial charge in [-0.15, -0.1) is 0 Å². The summed E-state index contributed by atoms with van der Waals surface area (Å²) in [6.45, 7) is 2.70. The largest absolute Gasteiger partial charge is 0.469 e. The van der Waals surface area contributed by atoms with Crippen LogP contribution in [0.2, 0.25) is 0 Å². The number of nitrogens with two attached hydrogens (primary N) is 1. The van der Waals surface area contributed by atoms with Crippen LogP contribution in [0.1, 0.15) is 27.2 Å². The third kappa shape index (κ3) is 3.98. The van der Waals surface area contributed by atoms with Gasteiger partial charge in [0.15, 0.2) is 0 Å². The Morgan fingerprint density at radius 3 is 2.62 bits per heavy atom. The topological polar surface area (TPSA) is 59.5 Å². The van der Waals surface area contributed by atoms with Gasteiger partial charge in [0, 0.05) is 19.2 Å². The van der Waals surface area contributed by atoms with E-state index in [0.29, 0.717) is 18.7 Å². The SMILES string of the molecule is Cc1cc(C(=O)N(C)Cc2ccc(C#CCN)cc2)co1. The lowest BCUT2D eigenvalue weighted by atomic mass is 10.1. The number of carbonyl (C=O) groups is 1. The first kappa shape index (κ1) is 14.9. The second-order valence-electron chi connectivity index (χ2n) is 4.81. The monoisotopic (exact) mass is 282 g/mol. The molecule has 2 rings (SSSR count). The molecule has 1 heterocycles. The maximum Gasteiger partial charge on any atom is 0.257 e. The molecule has 2 aromatic rings. The zero-order chi connectivity index (χ0) is 15.2. The second-order valence-corrected chi connectivity index (χ2v) is 4.81. The predicted molar refractivity (Wildman–Crippen MR) is 81.6 cm³/mol. The van der Waals surface area contributed by atoms with Gasteiger partial charge in [0.05, 0.1) is 12.1 Å². The summed E-state index contributed by atoms with van der Waals surface area (Å²) in [6.07, 6.45) is 1.49. The molecule has 21 heavy (non-hydrogen) atoms. The molecule has 1 amide bonds. The van der Waals surface area contributed by atoms with Gasteiger partial charge in [0.2, 0.25) is 0 Å². The van der Waals surface area contributed by atoms with Crippen molar-refractivity contribution in [1.82, 2.24) is 4.90 Å². The minimum atomic E-state index is -0.0566. The molecule has 1 aromatic heterocycles. The van der Waals surface area contributed by atoms with Crippen molar-refractivity contribution < 1.29 is 9.21 Å². The summed E-state index contributed by atoms with van der Waals surface area (Å²) < 4.78 is 5.17. The highest BCUT2D eigenvalue weighted by atomic mass is 16.3. The van der Waals surface area contributed by atoms with Gasteiger partial charge in [-0.2, -0.15) is 0 Å². The molecular formula is C17H18N2O2. The van der Waals surface area contributed by atoms with Gasteiger partial charge in [0.25, 0.3) is 5.91 Å². The Balaban J connectivity index is 2.02. The van der Waals surface area contributed by atoms with E-state index in [1.54, 1.807) is 18.0 Å². The van der Waals surface area contributed by atoms with Gasteiger partial charge in [0.1, 0.15) is 12.0 Å². The Bertz CT molecular complexity index is 675. The molecule has 108 valence electrons. The zero-order valence-electron chi connectivity index (χ0n) is 12.2. The fraction of sp³-hybridized carbons (Fsp3) is 0.235. The highest BCUT2D eigenvalue weighted by Gasteiger charge is 2.14. The van der Waals surface area contributed by atoms with Crippen LogP contribution >= 0.6 is 0 Å². The molecule has 0 saturated heterocycles. The van der Waals surface area contributed by atoms with Gasteiger partial charge < -0.3 is 15.1 Å². The van der Waals surface area contributed by atoms with E-state index in [9.17, 15) is 4.79 Å². The quantitative estimate of drug-likeness (QED) is 0.878. The Morgan fingerprint density at radius 1 is 1.33 bits per heavy atom. The number of nitrogens with zero attached hydrogens (tertiary/aromatic N) is 1. The first-order valence-electron chi connectivity index (χ1n) is 6.68. The number of hydrogen-bond donors (Lipinski definition) is 1. The molecule has 1 aromatic carbocycles. The normalized spacial score (nSPS) is 9.86. The van der Waals surface area contributed by atoms with Crippen LogP contribution in [0.4, 0.5) is 0 Å². The standard InChI is InChI=1S/C17H18N2O2/c1-13-10-16(12-21-13)17(20)19(2)11-15-7-5-14(6-8-15)4-3-9-18/h5-8,10,12H,9,11,18H2,1-2H3. The molecule has 0 fully saturated rings. The number of hydrogen-bond acceptors (Lipinski definition) is 3. The molecular weight excluding hydrogens is 264 g/mol. The van der Waals surface area contributed by atoms with E-state index in [1.807, 2.05) is 31.2 Å². The van der Waals surface area contributed by atoms with E-state index in [1.165, 1.54) is 6.26 Å². The molecule has 0 aliphatic rings. The van der Waals surface area contributed by atoms with Gasteiger partial charge in [-0.05, 0) is 30.7 Å². The van der Waals surface area contributed by atoms with E-state index in [0.717, 1.165) is 16.9 Å². The molecule has 0 radical (unpaired) electrons. The van der Waals surface area contributed by atoms with Crippen molar-refractivity contribution in [2.75, 3.05) is 13.6 Å². The van der Waals surface area contributed by atoms with E-state index < -0.39 is 0 Å². The van der Waals surface area contributed by atoms with E-state index in [-0.39, 0.29) is 5.91 Å². The molecule has 0 aliphatic carbocycles. The number of furan rings is 1. The molecule has 4 heteroatoms. The van der Waals surface area contributed by atoms with Gasteiger partial charge in [-0.1, -0.05) is 24.0 Å². The van der Waals surface area contributed by atoms with Gasteiger partial charge in [-0.25, -0.2) is 0 Å². The van der Waals surface area contributed by atoms with E-state index >= 15 is 0 Å². The van der Waals surface area contributed by atoms with E-state index in [4.69, 9.17) is 10.2 Å². The minimum Gasteiger partial charge on any atom is -0.469 e. The smallest absolute Gasteiger partial charge is 0.257 e. The van der Waals surface area contributed by atoms with Crippen molar-refractivity contribution in [3.63, 3.8) is 0 Å². The molecule has 0 bridgehead atoms. The third-order valence-electron chi connectivity index (χ3n) is 3.03. The molecule has 0 saturated carbocycles. The Hall–Kier alpha value is -2.51. The van der Waals surface area contributed by atoms with Crippen LogP contribution in [0.15, 0.2) is 41.0 Å². The van der Waals surface area contributed by atoms with Gasteiger partial charge in [-0.3, -0.25) is 4.79 Å². The lowest BCUT2D eigenvalue weighted by Gasteiger charge is -2.16.